The van der Waals surface area contributed by atoms with Gasteiger partial charge in [0.1, 0.15) is 5.82 Å². The quantitative estimate of drug-likeness (QED) is 0.726. The number of carbonyl (C=O) groups excluding carboxylic acids is 2. The van der Waals surface area contributed by atoms with Gasteiger partial charge in [-0.1, -0.05) is 0 Å². The molecule has 4 N–H and O–H groups in total. The summed E-state index contributed by atoms with van der Waals surface area (Å²) in [6.07, 6.45) is 3.84. The first kappa shape index (κ1) is 18.1. The number of pyridine rings is 1. The maximum absolute atomic E-state index is 12.9. The minimum absolute atomic E-state index is 0.0718. The molecule has 2 aliphatic heterocycles. The van der Waals surface area contributed by atoms with E-state index in [4.69, 9.17) is 5.73 Å². The number of nitrogens with one attached hydrogen (secondary N) is 2. The van der Waals surface area contributed by atoms with Crippen LogP contribution in [0.3, 0.4) is 0 Å². The van der Waals surface area contributed by atoms with E-state index in [2.05, 4.69) is 38.5 Å². The van der Waals surface area contributed by atoms with Crippen LogP contribution < -0.4 is 11.1 Å². The van der Waals surface area contributed by atoms with Gasteiger partial charge in [0.25, 0.3) is 5.91 Å². The van der Waals surface area contributed by atoms with Gasteiger partial charge in [0.15, 0.2) is 0 Å². The number of hydrogen-bond acceptors (Lipinski definition) is 6. The standard InChI is InChI=1S/C20H25N7O2/c1-10-9-13(14-15(22-10)23-18(29)20(14,2)12-3-4-12)11-5-7-27(8-6-11)17(28)16-24-19(21)26-25-16/h9,11-12H,3-8H2,1-2H3,(H,22,23,29)(H3,21,24,25,26). The SMILES string of the molecule is Cc1cc(C2CCN(C(=O)c3nc(N)n[nH]3)CC2)c2c(n1)NC(=O)C2(C)C1CC1. The number of nitrogens with two attached hydrogens (primary N) is 1. The molecule has 1 saturated heterocycles. The van der Waals surface area contributed by atoms with Crippen molar-refractivity contribution in [3.63, 3.8) is 0 Å². The largest absolute Gasteiger partial charge is 0.366 e. The van der Waals surface area contributed by atoms with E-state index in [0.29, 0.717) is 24.9 Å². The summed E-state index contributed by atoms with van der Waals surface area (Å²) in [6, 6.07) is 2.14. The Hall–Kier alpha value is -2.97. The highest BCUT2D eigenvalue weighted by Crippen LogP contribution is 2.54. The van der Waals surface area contributed by atoms with E-state index in [1.807, 2.05) is 6.92 Å². The molecular weight excluding hydrogens is 370 g/mol. The zero-order valence-corrected chi connectivity index (χ0v) is 16.7. The van der Waals surface area contributed by atoms with Gasteiger partial charge >= 0.3 is 0 Å². The van der Waals surface area contributed by atoms with Gasteiger partial charge < -0.3 is 16.0 Å². The second-order valence-electron chi connectivity index (χ2n) is 8.62. The summed E-state index contributed by atoms with van der Waals surface area (Å²) in [5, 5.41) is 9.36. The third kappa shape index (κ3) is 2.79. The van der Waals surface area contributed by atoms with Crippen molar-refractivity contribution in [1.82, 2.24) is 25.1 Å². The number of rotatable bonds is 3. The molecule has 1 aliphatic carbocycles. The van der Waals surface area contributed by atoms with Crippen LogP contribution in [0, 0.1) is 12.8 Å². The van der Waals surface area contributed by atoms with Crippen molar-refractivity contribution >= 4 is 23.6 Å². The zero-order chi connectivity index (χ0) is 20.3. The van der Waals surface area contributed by atoms with Crippen molar-refractivity contribution in [2.45, 2.75) is 50.9 Å². The molecule has 0 spiro atoms. The minimum atomic E-state index is -0.490. The number of piperidine rings is 1. The lowest BCUT2D eigenvalue weighted by molar-refractivity contribution is -0.121. The van der Waals surface area contributed by atoms with Crippen LogP contribution in [0.5, 0.6) is 0 Å². The average molecular weight is 395 g/mol. The van der Waals surface area contributed by atoms with Crippen molar-refractivity contribution < 1.29 is 9.59 Å². The lowest BCUT2D eigenvalue weighted by atomic mass is 9.73. The Morgan fingerprint density at radius 3 is 2.59 bits per heavy atom. The molecule has 1 atom stereocenters. The van der Waals surface area contributed by atoms with Gasteiger partial charge in [-0.3, -0.25) is 14.7 Å². The van der Waals surface area contributed by atoms with Crippen molar-refractivity contribution in [1.29, 1.82) is 0 Å². The smallest absolute Gasteiger partial charge is 0.291 e. The molecule has 2 amide bonds. The predicted molar refractivity (Wildman–Crippen MR) is 106 cm³/mol. The number of amides is 2. The fourth-order valence-corrected chi connectivity index (χ4v) is 4.97. The summed E-state index contributed by atoms with van der Waals surface area (Å²) in [5.41, 5.74) is 8.24. The molecule has 29 heavy (non-hydrogen) atoms. The number of fused-ring (bicyclic) bond motifs is 1. The van der Waals surface area contributed by atoms with E-state index >= 15 is 0 Å². The number of carbonyl (C=O) groups is 2. The summed E-state index contributed by atoms with van der Waals surface area (Å²) in [4.78, 5) is 35.8. The normalized spacial score (nSPS) is 24.5. The molecule has 3 aliphatic rings. The lowest BCUT2D eigenvalue weighted by Crippen LogP contribution is -2.39. The van der Waals surface area contributed by atoms with E-state index in [1.54, 1.807) is 4.90 Å². The van der Waals surface area contributed by atoms with Crippen LogP contribution in [-0.2, 0) is 10.2 Å². The number of likely N-dealkylation sites (tertiary alicyclic amines) is 1. The highest BCUT2D eigenvalue weighted by Gasteiger charge is 2.55. The molecule has 0 aromatic carbocycles. The Bertz CT molecular complexity index is 1000. The number of nitrogen functional groups attached to an aromatic ring is 1. The third-order valence-electron chi connectivity index (χ3n) is 6.72. The third-order valence-corrected chi connectivity index (χ3v) is 6.72. The fraction of sp³-hybridized carbons (Fsp3) is 0.550. The fourth-order valence-electron chi connectivity index (χ4n) is 4.97. The van der Waals surface area contributed by atoms with Crippen molar-refractivity contribution in [2.75, 3.05) is 24.1 Å². The van der Waals surface area contributed by atoms with Gasteiger partial charge in [0.05, 0.1) is 5.41 Å². The molecule has 9 nitrogen and oxygen atoms in total. The number of aromatic amines is 1. The Labute approximate surface area is 168 Å². The first-order valence-corrected chi connectivity index (χ1v) is 10.2. The lowest BCUT2D eigenvalue weighted by Gasteiger charge is -2.34. The molecule has 0 radical (unpaired) electrons. The van der Waals surface area contributed by atoms with Crippen LogP contribution in [0.2, 0.25) is 0 Å². The van der Waals surface area contributed by atoms with E-state index in [0.717, 1.165) is 42.8 Å². The minimum Gasteiger partial charge on any atom is -0.366 e. The van der Waals surface area contributed by atoms with Crippen LogP contribution in [0.15, 0.2) is 6.07 Å². The maximum atomic E-state index is 12.9. The maximum Gasteiger partial charge on any atom is 0.291 e. The first-order valence-electron chi connectivity index (χ1n) is 10.2. The van der Waals surface area contributed by atoms with E-state index < -0.39 is 5.41 Å². The van der Waals surface area contributed by atoms with Crippen molar-refractivity contribution in [3.8, 4) is 0 Å². The van der Waals surface area contributed by atoms with Crippen LogP contribution in [0.4, 0.5) is 11.8 Å². The highest BCUT2D eigenvalue weighted by atomic mass is 16.2. The summed E-state index contributed by atoms with van der Waals surface area (Å²) >= 11 is 0. The van der Waals surface area contributed by atoms with E-state index in [1.165, 1.54) is 5.56 Å². The molecular formula is C20H25N7O2. The second kappa shape index (κ2) is 6.27. The predicted octanol–water partition coefficient (Wildman–Crippen LogP) is 1.73. The monoisotopic (exact) mass is 395 g/mol. The zero-order valence-electron chi connectivity index (χ0n) is 16.7. The van der Waals surface area contributed by atoms with Crippen molar-refractivity contribution in [3.05, 3.63) is 28.7 Å². The number of H-pyrrole nitrogens is 1. The Morgan fingerprint density at radius 2 is 1.97 bits per heavy atom. The molecule has 1 unspecified atom stereocenters. The molecule has 4 heterocycles. The molecule has 1 saturated carbocycles. The topological polar surface area (TPSA) is 130 Å². The van der Waals surface area contributed by atoms with Gasteiger partial charge in [-0.2, -0.15) is 4.98 Å². The van der Waals surface area contributed by atoms with Crippen LogP contribution in [0.25, 0.3) is 0 Å². The molecule has 5 rings (SSSR count). The number of anilines is 2. The summed E-state index contributed by atoms with van der Waals surface area (Å²) < 4.78 is 0. The van der Waals surface area contributed by atoms with Crippen LogP contribution >= 0.6 is 0 Å². The number of nitrogens with zero attached hydrogens (tertiary/aromatic N) is 4. The van der Waals surface area contributed by atoms with E-state index in [9.17, 15) is 9.59 Å². The summed E-state index contributed by atoms with van der Waals surface area (Å²) in [5.74, 6) is 1.56. The highest BCUT2D eigenvalue weighted by molar-refractivity contribution is 6.06. The summed E-state index contributed by atoms with van der Waals surface area (Å²) in [6.45, 7) is 5.29. The molecule has 9 heteroatoms. The number of hydrogen-bond donors (Lipinski definition) is 3. The molecule has 0 bridgehead atoms. The van der Waals surface area contributed by atoms with Crippen molar-refractivity contribution in [2.24, 2.45) is 5.92 Å². The molecule has 2 aromatic heterocycles. The van der Waals surface area contributed by atoms with Gasteiger partial charge in [0.2, 0.25) is 17.7 Å². The van der Waals surface area contributed by atoms with Gasteiger partial charge in [-0.25, -0.2) is 4.98 Å². The molecule has 152 valence electrons. The summed E-state index contributed by atoms with van der Waals surface area (Å²) in [7, 11) is 0. The van der Waals surface area contributed by atoms with Gasteiger partial charge in [-0.05, 0) is 63.0 Å². The Balaban J connectivity index is 1.41. The molecule has 2 aromatic rings. The Morgan fingerprint density at radius 1 is 1.24 bits per heavy atom. The van der Waals surface area contributed by atoms with Crippen LogP contribution in [-0.4, -0.2) is 50.0 Å². The Kier molecular flexibility index (Phi) is 3.91. The number of aromatic nitrogens is 4. The van der Waals surface area contributed by atoms with E-state index in [-0.39, 0.29) is 23.6 Å². The first-order chi connectivity index (χ1) is 13.9. The second-order valence-corrected chi connectivity index (χ2v) is 8.62. The number of aryl methyl sites for hydroxylation is 1. The van der Waals surface area contributed by atoms with Gasteiger partial charge in [-0.15, -0.1) is 5.10 Å². The van der Waals surface area contributed by atoms with Crippen LogP contribution in [0.1, 0.15) is 66.0 Å². The molecule has 2 fully saturated rings. The average Bonchev–Trinajstić information content (AvgIpc) is 3.42. The van der Waals surface area contributed by atoms with Gasteiger partial charge in [0, 0.05) is 24.3 Å².